The summed E-state index contributed by atoms with van der Waals surface area (Å²) in [5, 5.41) is 2.85. The van der Waals surface area contributed by atoms with Gasteiger partial charge < -0.3 is 15.8 Å². The van der Waals surface area contributed by atoms with Gasteiger partial charge >= 0.3 is 6.09 Å². The van der Waals surface area contributed by atoms with Crippen LogP contribution in [0, 0.1) is 6.92 Å². The van der Waals surface area contributed by atoms with Crippen LogP contribution in [0.1, 0.15) is 33.2 Å². The van der Waals surface area contributed by atoms with Gasteiger partial charge in [-0.3, -0.25) is 14.5 Å². The fourth-order valence-corrected chi connectivity index (χ4v) is 3.80. The van der Waals surface area contributed by atoms with Crippen molar-refractivity contribution < 1.29 is 19.1 Å². The Morgan fingerprint density at radius 3 is 2.47 bits per heavy atom. The third-order valence-electron chi connectivity index (χ3n) is 5.33. The van der Waals surface area contributed by atoms with Gasteiger partial charge in [0.25, 0.3) is 5.91 Å². The third-order valence-corrected chi connectivity index (χ3v) is 5.33. The summed E-state index contributed by atoms with van der Waals surface area (Å²) in [5.41, 5.74) is 9.12. The summed E-state index contributed by atoms with van der Waals surface area (Å²) in [7, 11) is 0. The van der Waals surface area contributed by atoms with E-state index >= 15 is 0 Å². The van der Waals surface area contributed by atoms with E-state index in [2.05, 4.69) is 5.32 Å². The number of primary amides is 1. The van der Waals surface area contributed by atoms with E-state index in [9.17, 15) is 14.4 Å². The fraction of sp³-hybridized carbons (Fsp3) is 0.160. The van der Waals surface area contributed by atoms with E-state index in [1.807, 2.05) is 49.4 Å². The second-order valence-electron chi connectivity index (χ2n) is 7.71. The summed E-state index contributed by atoms with van der Waals surface area (Å²) in [4.78, 5) is 38.8. The van der Waals surface area contributed by atoms with E-state index < -0.39 is 24.1 Å². The number of nitrogens with one attached hydrogen (secondary N) is 1. The number of benzene rings is 3. The molecule has 2 atom stereocenters. The quantitative estimate of drug-likeness (QED) is 0.622. The molecular formula is C25H23N3O4. The molecule has 1 aliphatic heterocycles. The number of ether oxygens (including phenoxy) is 1. The van der Waals surface area contributed by atoms with Crippen molar-refractivity contribution in [1.29, 1.82) is 0 Å². The van der Waals surface area contributed by atoms with Crippen molar-refractivity contribution in [3.05, 3.63) is 101 Å². The van der Waals surface area contributed by atoms with Crippen LogP contribution in [0.15, 0.2) is 78.9 Å². The molecule has 0 bridgehead atoms. The highest BCUT2D eigenvalue weighted by Crippen LogP contribution is 2.34. The molecule has 1 heterocycles. The first-order valence-electron chi connectivity index (χ1n) is 10.2. The number of cyclic esters (lactones) is 1. The molecule has 0 radical (unpaired) electrons. The van der Waals surface area contributed by atoms with Gasteiger partial charge in [-0.1, -0.05) is 60.2 Å². The van der Waals surface area contributed by atoms with Crippen LogP contribution in [0.3, 0.4) is 0 Å². The molecule has 3 aromatic rings. The van der Waals surface area contributed by atoms with E-state index in [1.54, 1.807) is 36.4 Å². The van der Waals surface area contributed by atoms with Gasteiger partial charge in [-0.15, -0.1) is 0 Å². The zero-order valence-electron chi connectivity index (χ0n) is 17.5. The Kier molecular flexibility index (Phi) is 5.89. The fourth-order valence-electron chi connectivity index (χ4n) is 3.80. The molecule has 3 amide bonds. The largest absolute Gasteiger partial charge is 0.438 e. The Morgan fingerprint density at radius 2 is 1.75 bits per heavy atom. The monoisotopic (exact) mass is 429 g/mol. The van der Waals surface area contributed by atoms with Crippen LogP contribution in [-0.4, -0.2) is 28.8 Å². The molecule has 0 aliphatic carbocycles. The van der Waals surface area contributed by atoms with Crippen LogP contribution in [0.25, 0.3) is 0 Å². The van der Waals surface area contributed by atoms with E-state index in [4.69, 9.17) is 10.5 Å². The first-order valence-corrected chi connectivity index (χ1v) is 10.2. The van der Waals surface area contributed by atoms with Crippen molar-refractivity contribution in [2.24, 2.45) is 5.73 Å². The SMILES string of the molecule is Cc1cccc(C(=O)Nc2cccc(C3OC(=O)N(Cc4ccccc4)C3C(N)=O)c2)c1. The summed E-state index contributed by atoms with van der Waals surface area (Å²) < 4.78 is 5.54. The molecule has 3 N–H and O–H groups in total. The standard InChI is InChI=1S/C25H23N3O4/c1-16-7-5-11-19(13-16)24(30)27-20-12-6-10-18(14-20)22-21(23(26)29)28(25(31)32-22)15-17-8-3-2-4-9-17/h2-14,21-22H,15H2,1H3,(H2,26,29)(H,27,30). The molecule has 0 aromatic heterocycles. The minimum Gasteiger partial charge on any atom is -0.438 e. The average molecular weight is 429 g/mol. The van der Waals surface area contributed by atoms with Crippen molar-refractivity contribution in [1.82, 2.24) is 4.90 Å². The minimum atomic E-state index is -0.967. The molecule has 4 rings (SSSR count). The highest BCUT2D eigenvalue weighted by atomic mass is 16.6. The zero-order chi connectivity index (χ0) is 22.7. The summed E-state index contributed by atoms with van der Waals surface area (Å²) in [6.45, 7) is 2.12. The predicted molar refractivity (Wildman–Crippen MR) is 120 cm³/mol. The number of hydrogen-bond donors (Lipinski definition) is 2. The smallest absolute Gasteiger partial charge is 0.411 e. The Bertz CT molecular complexity index is 1160. The molecule has 7 heteroatoms. The number of anilines is 1. The predicted octanol–water partition coefficient (Wildman–Crippen LogP) is 3.79. The first-order chi connectivity index (χ1) is 15.4. The molecule has 1 saturated heterocycles. The molecule has 162 valence electrons. The highest BCUT2D eigenvalue weighted by molar-refractivity contribution is 6.04. The van der Waals surface area contributed by atoms with Gasteiger partial charge in [-0.25, -0.2) is 4.79 Å². The maximum absolute atomic E-state index is 12.6. The minimum absolute atomic E-state index is 0.202. The lowest BCUT2D eigenvalue weighted by molar-refractivity contribution is -0.123. The van der Waals surface area contributed by atoms with E-state index in [0.29, 0.717) is 16.8 Å². The number of hydrogen-bond acceptors (Lipinski definition) is 4. The van der Waals surface area contributed by atoms with Crippen molar-refractivity contribution in [2.75, 3.05) is 5.32 Å². The second kappa shape index (κ2) is 8.93. The van der Waals surface area contributed by atoms with E-state index in [1.165, 1.54) is 4.90 Å². The van der Waals surface area contributed by atoms with Gasteiger partial charge in [0.2, 0.25) is 5.91 Å². The third kappa shape index (κ3) is 4.46. The summed E-state index contributed by atoms with van der Waals surface area (Å²) >= 11 is 0. The van der Waals surface area contributed by atoms with Crippen LogP contribution in [0.5, 0.6) is 0 Å². The second-order valence-corrected chi connectivity index (χ2v) is 7.71. The number of aryl methyl sites for hydroxylation is 1. The normalized spacial score (nSPS) is 17.7. The van der Waals surface area contributed by atoms with Crippen LogP contribution >= 0.6 is 0 Å². The number of amides is 3. The first kappa shape index (κ1) is 21.1. The van der Waals surface area contributed by atoms with Crippen LogP contribution in [0.4, 0.5) is 10.5 Å². The molecule has 0 spiro atoms. The molecule has 2 unspecified atom stereocenters. The van der Waals surface area contributed by atoms with Crippen molar-refractivity contribution in [2.45, 2.75) is 25.6 Å². The number of carbonyl (C=O) groups is 3. The van der Waals surface area contributed by atoms with Gasteiger partial charge in [-0.2, -0.15) is 0 Å². The lowest BCUT2D eigenvalue weighted by Gasteiger charge is -2.22. The molecule has 32 heavy (non-hydrogen) atoms. The van der Waals surface area contributed by atoms with E-state index in [0.717, 1.165) is 11.1 Å². The topological polar surface area (TPSA) is 102 Å². The van der Waals surface area contributed by atoms with Gasteiger partial charge in [0.05, 0.1) is 6.54 Å². The van der Waals surface area contributed by atoms with Gasteiger partial charge in [-0.05, 0) is 42.3 Å². The van der Waals surface area contributed by atoms with Crippen molar-refractivity contribution in [3.63, 3.8) is 0 Å². The number of rotatable bonds is 6. The Labute approximate surface area is 185 Å². The lowest BCUT2D eigenvalue weighted by atomic mass is 10.0. The Balaban J connectivity index is 1.56. The molecular weight excluding hydrogens is 406 g/mol. The number of carbonyl (C=O) groups excluding carboxylic acids is 3. The number of nitrogens with zero attached hydrogens (tertiary/aromatic N) is 1. The molecule has 1 fully saturated rings. The Morgan fingerprint density at radius 1 is 1.00 bits per heavy atom. The van der Waals surface area contributed by atoms with Crippen LogP contribution in [0.2, 0.25) is 0 Å². The maximum atomic E-state index is 12.6. The molecule has 0 saturated carbocycles. The molecule has 1 aliphatic rings. The lowest BCUT2D eigenvalue weighted by Crippen LogP contribution is -2.43. The van der Waals surface area contributed by atoms with Gasteiger partial charge in [0, 0.05) is 11.3 Å². The number of nitrogens with two attached hydrogens (primary N) is 1. The summed E-state index contributed by atoms with van der Waals surface area (Å²) in [6.07, 6.45) is -1.49. The van der Waals surface area contributed by atoms with Gasteiger partial charge in [0.15, 0.2) is 12.1 Å². The summed E-state index contributed by atoms with van der Waals surface area (Å²) in [5.74, 6) is -0.919. The van der Waals surface area contributed by atoms with E-state index in [-0.39, 0.29) is 12.5 Å². The van der Waals surface area contributed by atoms with Gasteiger partial charge in [0.1, 0.15) is 0 Å². The van der Waals surface area contributed by atoms with Crippen LogP contribution in [-0.2, 0) is 16.1 Å². The Hall–Kier alpha value is -4.13. The summed E-state index contributed by atoms with van der Waals surface area (Å²) in [6, 6.07) is 22.5. The van der Waals surface area contributed by atoms with Crippen LogP contribution < -0.4 is 11.1 Å². The van der Waals surface area contributed by atoms with Crippen molar-refractivity contribution >= 4 is 23.6 Å². The average Bonchev–Trinajstić information content (AvgIpc) is 3.11. The zero-order valence-corrected chi connectivity index (χ0v) is 17.5. The maximum Gasteiger partial charge on any atom is 0.411 e. The van der Waals surface area contributed by atoms with Crippen molar-refractivity contribution in [3.8, 4) is 0 Å². The molecule has 7 nitrogen and oxygen atoms in total. The molecule has 3 aromatic carbocycles. The highest BCUT2D eigenvalue weighted by Gasteiger charge is 2.46.